The number of ether oxygens (including phenoxy) is 1. The molecule has 18 heavy (non-hydrogen) atoms. The molecule has 2 rings (SSSR count). The molecule has 0 spiro atoms. The van der Waals surface area contributed by atoms with Gasteiger partial charge in [-0.2, -0.15) is 0 Å². The van der Waals surface area contributed by atoms with Gasteiger partial charge in [0.2, 0.25) is 0 Å². The Balaban J connectivity index is 2.05. The molecule has 1 aromatic rings. The molecular formula is C15H23ClNO+. The predicted molar refractivity (Wildman–Crippen MR) is 75.5 cm³/mol. The lowest BCUT2D eigenvalue weighted by Crippen LogP contribution is -3.11. The normalized spacial score (nSPS) is 16.8. The Morgan fingerprint density at radius 3 is 2.72 bits per heavy atom. The summed E-state index contributed by atoms with van der Waals surface area (Å²) in [5.74, 6) is 1.01. The fourth-order valence-electron chi connectivity index (χ4n) is 2.54. The molecule has 2 nitrogen and oxygen atoms in total. The van der Waals surface area contributed by atoms with E-state index in [0.717, 1.165) is 30.3 Å². The average Bonchev–Trinajstić information content (AvgIpc) is 2.39. The Bertz CT molecular complexity index is 375. The topological polar surface area (TPSA) is 13.7 Å². The predicted octanol–water partition coefficient (Wildman–Crippen LogP) is 2.70. The van der Waals surface area contributed by atoms with E-state index in [2.05, 4.69) is 13.0 Å². The maximum atomic E-state index is 6.10. The van der Waals surface area contributed by atoms with Crippen LogP contribution in [0.25, 0.3) is 0 Å². The summed E-state index contributed by atoms with van der Waals surface area (Å²) in [4.78, 5) is 1.66. The molecule has 0 aromatic heterocycles. The van der Waals surface area contributed by atoms with Crippen molar-refractivity contribution in [3.05, 3.63) is 28.8 Å². The molecule has 1 fully saturated rings. The van der Waals surface area contributed by atoms with Crippen LogP contribution in [0.1, 0.15) is 38.2 Å². The number of rotatable bonds is 5. The zero-order valence-corrected chi connectivity index (χ0v) is 11.9. The van der Waals surface area contributed by atoms with Gasteiger partial charge in [-0.1, -0.05) is 18.5 Å². The number of hydrogen-bond acceptors (Lipinski definition) is 1. The van der Waals surface area contributed by atoms with Crippen LogP contribution in [-0.2, 0) is 6.54 Å². The van der Waals surface area contributed by atoms with Gasteiger partial charge in [0.25, 0.3) is 0 Å². The molecule has 0 radical (unpaired) electrons. The number of piperidine rings is 1. The second-order valence-electron chi connectivity index (χ2n) is 5.09. The maximum Gasteiger partial charge on any atom is 0.128 e. The molecule has 1 heterocycles. The molecule has 1 aliphatic rings. The molecule has 1 saturated heterocycles. The highest BCUT2D eigenvalue weighted by molar-refractivity contribution is 6.30. The molecule has 0 aliphatic carbocycles. The van der Waals surface area contributed by atoms with Crippen molar-refractivity contribution in [1.29, 1.82) is 0 Å². The van der Waals surface area contributed by atoms with Gasteiger partial charge in [0.1, 0.15) is 12.3 Å². The zero-order chi connectivity index (χ0) is 12.8. The van der Waals surface area contributed by atoms with Gasteiger partial charge in [-0.15, -0.1) is 0 Å². The van der Waals surface area contributed by atoms with Gasteiger partial charge in [0, 0.05) is 10.6 Å². The van der Waals surface area contributed by atoms with Gasteiger partial charge in [0.05, 0.1) is 19.7 Å². The van der Waals surface area contributed by atoms with Crippen molar-refractivity contribution in [2.24, 2.45) is 0 Å². The molecule has 1 aliphatic heterocycles. The van der Waals surface area contributed by atoms with E-state index in [9.17, 15) is 0 Å². The highest BCUT2D eigenvalue weighted by atomic mass is 35.5. The first-order chi connectivity index (χ1) is 8.79. The molecule has 0 atom stereocenters. The summed E-state index contributed by atoms with van der Waals surface area (Å²) in [6, 6.07) is 5.99. The van der Waals surface area contributed by atoms with E-state index >= 15 is 0 Å². The Hall–Kier alpha value is -0.730. The van der Waals surface area contributed by atoms with Crippen molar-refractivity contribution in [1.82, 2.24) is 0 Å². The lowest BCUT2D eigenvalue weighted by atomic mass is 10.1. The van der Waals surface area contributed by atoms with E-state index in [1.165, 1.54) is 37.9 Å². The van der Waals surface area contributed by atoms with Gasteiger partial charge < -0.3 is 9.64 Å². The second kappa shape index (κ2) is 7.01. The Morgan fingerprint density at radius 1 is 1.22 bits per heavy atom. The van der Waals surface area contributed by atoms with Crippen LogP contribution in [0.15, 0.2) is 18.2 Å². The maximum absolute atomic E-state index is 6.10. The molecule has 1 aromatic carbocycles. The third-order valence-corrected chi connectivity index (χ3v) is 3.72. The van der Waals surface area contributed by atoms with E-state index in [0.29, 0.717) is 0 Å². The number of nitrogens with one attached hydrogen (secondary N) is 1. The third kappa shape index (κ3) is 3.89. The molecule has 0 saturated carbocycles. The van der Waals surface area contributed by atoms with E-state index in [1.54, 1.807) is 4.90 Å². The molecule has 3 heteroatoms. The summed E-state index contributed by atoms with van der Waals surface area (Å²) < 4.78 is 5.81. The summed E-state index contributed by atoms with van der Waals surface area (Å²) in [7, 11) is 0. The third-order valence-electron chi connectivity index (χ3n) is 3.49. The summed E-state index contributed by atoms with van der Waals surface area (Å²) in [6.45, 7) is 6.51. The van der Waals surface area contributed by atoms with Crippen LogP contribution >= 0.6 is 11.6 Å². The van der Waals surface area contributed by atoms with Crippen molar-refractivity contribution in [2.75, 3.05) is 19.7 Å². The minimum Gasteiger partial charge on any atom is -0.493 e. The van der Waals surface area contributed by atoms with Crippen LogP contribution in [0.2, 0.25) is 5.02 Å². The SMILES string of the molecule is CCCOc1ccc(Cl)cc1C[NH+]1CCCCC1. The molecular weight excluding hydrogens is 246 g/mol. The fraction of sp³-hybridized carbons (Fsp3) is 0.600. The number of quaternary nitrogens is 1. The van der Waals surface area contributed by atoms with Crippen LogP contribution in [0.3, 0.4) is 0 Å². The molecule has 100 valence electrons. The van der Waals surface area contributed by atoms with Crippen molar-refractivity contribution >= 4 is 11.6 Å². The van der Waals surface area contributed by atoms with Gasteiger partial charge in [0.15, 0.2) is 0 Å². The summed E-state index contributed by atoms with van der Waals surface area (Å²) in [6.07, 6.45) is 5.12. The number of benzene rings is 1. The van der Waals surface area contributed by atoms with E-state index in [-0.39, 0.29) is 0 Å². The van der Waals surface area contributed by atoms with Crippen molar-refractivity contribution in [2.45, 2.75) is 39.2 Å². The van der Waals surface area contributed by atoms with Crippen LogP contribution in [0.5, 0.6) is 5.75 Å². The smallest absolute Gasteiger partial charge is 0.128 e. The van der Waals surface area contributed by atoms with Crippen LogP contribution < -0.4 is 9.64 Å². The highest BCUT2D eigenvalue weighted by Crippen LogP contribution is 2.22. The van der Waals surface area contributed by atoms with Crippen LogP contribution in [0.4, 0.5) is 0 Å². The lowest BCUT2D eigenvalue weighted by molar-refractivity contribution is -0.918. The first-order valence-corrected chi connectivity index (χ1v) is 7.42. The summed E-state index contributed by atoms with van der Waals surface area (Å²) >= 11 is 6.10. The van der Waals surface area contributed by atoms with Crippen molar-refractivity contribution in [3.63, 3.8) is 0 Å². The molecule has 0 bridgehead atoms. The van der Waals surface area contributed by atoms with Crippen molar-refractivity contribution < 1.29 is 9.64 Å². The Morgan fingerprint density at radius 2 is 2.00 bits per heavy atom. The van der Waals surface area contributed by atoms with Crippen molar-refractivity contribution in [3.8, 4) is 5.75 Å². The summed E-state index contributed by atoms with van der Waals surface area (Å²) in [5.41, 5.74) is 1.26. The fourth-order valence-corrected chi connectivity index (χ4v) is 2.73. The first-order valence-electron chi connectivity index (χ1n) is 7.04. The van der Waals surface area contributed by atoms with Crippen LogP contribution in [0, 0.1) is 0 Å². The quantitative estimate of drug-likeness (QED) is 0.867. The number of likely N-dealkylation sites (tertiary alicyclic amines) is 1. The first kappa shape index (κ1) is 13.7. The van der Waals surface area contributed by atoms with E-state index in [1.807, 2.05) is 12.1 Å². The summed E-state index contributed by atoms with van der Waals surface area (Å²) in [5, 5.41) is 0.810. The van der Waals surface area contributed by atoms with Gasteiger partial charge in [-0.05, 0) is 43.9 Å². The van der Waals surface area contributed by atoms with Crippen LogP contribution in [-0.4, -0.2) is 19.7 Å². The number of hydrogen-bond donors (Lipinski definition) is 1. The molecule has 1 N–H and O–H groups in total. The largest absolute Gasteiger partial charge is 0.493 e. The molecule has 0 unspecified atom stereocenters. The average molecular weight is 269 g/mol. The minimum absolute atomic E-state index is 0.782. The minimum atomic E-state index is 0.782. The van der Waals surface area contributed by atoms with E-state index < -0.39 is 0 Å². The monoisotopic (exact) mass is 268 g/mol. The van der Waals surface area contributed by atoms with Gasteiger partial charge in [-0.3, -0.25) is 0 Å². The number of halogens is 1. The molecule has 0 amide bonds. The Kier molecular flexibility index (Phi) is 5.33. The Labute approximate surface area is 115 Å². The zero-order valence-electron chi connectivity index (χ0n) is 11.2. The van der Waals surface area contributed by atoms with E-state index in [4.69, 9.17) is 16.3 Å². The standard InChI is InChI=1S/C15H22ClNO/c1-2-10-18-15-7-6-14(16)11-13(15)12-17-8-4-3-5-9-17/h6-7,11H,2-5,8-10,12H2,1H3/p+1. The van der Waals surface area contributed by atoms with Gasteiger partial charge >= 0.3 is 0 Å². The lowest BCUT2D eigenvalue weighted by Gasteiger charge is -2.24. The van der Waals surface area contributed by atoms with Gasteiger partial charge in [-0.25, -0.2) is 0 Å². The highest BCUT2D eigenvalue weighted by Gasteiger charge is 2.16. The second-order valence-corrected chi connectivity index (χ2v) is 5.52.